The van der Waals surface area contributed by atoms with Gasteiger partial charge in [-0.3, -0.25) is 0 Å². The number of rotatable bonds is 4. The Labute approximate surface area is 108 Å². The molecule has 9 heteroatoms. The van der Waals surface area contributed by atoms with Crippen LogP contribution in [0.5, 0.6) is 0 Å². The zero-order valence-corrected chi connectivity index (χ0v) is 10.1. The van der Waals surface area contributed by atoms with Crippen molar-refractivity contribution in [3.8, 4) is 0 Å². The average molecular weight is 263 g/mol. The number of aromatic nitrogens is 6. The van der Waals surface area contributed by atoms with E-state index in [1.807, 2.05) is 4.57 Å². The van der Waals surface area contributed by atoms with Crippen LogP contribution in [-0.4, -0.2) is 47.8 Å². The lowest BCUT2D eigenvalue weighted by atomic mass is 10.1. The third-order valence-corrected chi connectivity index (χ3v) is 3.21. The van der Waals surface area contributed by atoms with Crippen molar-refractivity contribution >= 4 is 11.9 Å². The molecule has 100 valence electrons. The molecule has 3 N–H and O–H groups in total. The molecule has 0 saturated carbocycles. The van der Waals surface area contributed by atoms with Crippen molar-refractivity contribution in [2.75, 3.05) is 11.9 Å². The highest BCUT2D eigenvalue weighted by molar-refractivity contribution is 5.85. The fourth-order valence-corrected chi connectivity index (χ4v) is 2.27. The fraction of sp³-hybridized carbons (Fsp3) is 0.500. The molecule has 2 aromatic rings. The van der Waals surface area contributed by atoms with Crippen LogP contribution in [0.3, 0.4) is 0 Å². The summed E-state index contributed by atoms with van der Waals surface area (Å²) in [6.07, 6.45) is 4.05. The number of H-pyrrole nitrogens is 1. The topological polar surface area (TPSA) is 122 Å². The Balaban J connectivity index is 1.76. The van der Waals surface area contributed by atoms with Gasteiger partial charge in [0.1, 0.15) is 5.82 Å². The zero-order valence-electron chi connectivity index (χ0n) is 10.1. The van der Waals surface area contributed by atoms with E-state index in [1.54, 1.807) is 6.20 Å². The zero-order chi connectivity index (χ0) is 13.2. The van der Waals surface area contributed by atoms with E-state index in [9.17, 15) is 4.79 Å². The largest absolute Gasteiger partial charge is 0.476 e. The van der Waals surface area contributed by atoms with Crippen LogP contribution in [0.1, 0.15) is 35.2 Å². The number of fused-ring (bicyclic) bond motifs is 1. The van der Waals surface area contributed by atoms with Crippen molar-refractivity contribution < 1.29 is 9.90 Å². The van der Waals surface area contributed by atoms with Crippen molar-refractivity contribution in [2.45, 2.75) is 25.3 Å². The molecule has 0 bridgehead atoms. The highest BCUT2D eigenvalue weighted by Gasteiger charge is 2.23. The Morgan fingerprint density at radius 2 is 2.47 bits per heavy atom. The summed E-state index contributed by atoms with van der Waals surface area (Å²) in [6.45, 7) is 0.787. The van der Waals surface area contributed by atoms with Crippen LogP contribution in [-0.2, 0) is 6.42 Å². The minimum atomic E-state index is -1.01. The molecule has 0 aromatic carbocycles. The van der Waals surface area contributed by atoms with Gasteiger partial charge in [0.15, 0.2) is 5.69 Å². The number of tetrazole rings is 1. The Kier molecular flexibility index (Phi) is 2.86. The van der Waals surface area contributed by atoms with Crippen LogP contribution in [0.25, 0.3) is 0 Å². The Morgan fingerprint density at radius 1 is 1.58 bits per heavy atom. The summed E-state index contributed by atoms with van der Waals surface area (Å²) in [5.41, 5.74) is 0.0655. The van der Waals surface area contributed by atoms with E-state index in [-0.39, 0.29) is 11.7 Å². The summed E-state index contributed by atoms with van der Waals surface area (Å²) >= 11 is 0. The van der Waals surface area contributed by atoms with E-state index in [2.05, 4.69) is 30.9 Å². The summed E-state index contributed by atoms with van der Waals surface area (Å²) in [5, 5.41) is 25.7. The van der Waals surface area contributed by atoms with Crippen molar-refractivity contribution in [1.29, 1.82) is 0 Å². The fourth-order valence-electron chi connectivity index (χ4n) is 2.27. The molecule has 3 heterocycles. The molecule has 0 fully saturated rings. The number of carboxylic acid groups (broad SMARTS) is 1. The maximum atomic E-state index is 10.9. The van der Waals surface area contributed by atoms with Gasteiger partial charge < -0.3 is 15.0 Å². The van der Waals surface area contributed by atoms with Crippen molar-refractivity contribution in [3.05, 3.63) is 17.7 Å². The molecule has 0 radical (unpaired) electrons. The number of aromatic amines is 1. The predicted molar refractivity (Wildman–Crippen MR) is 63.8 cm³/mol. The SMILES string of the molecule is O=C(O)c1cn2c(n1)NCCC2CCc1nnn[nH]1. The van der Waals surface area contributed by atoms with Gasteiger partial charge >= 0.3 is 5.97 Å². The summed E-state index contributed by atoms with van der Waals surface area (Å²) in [7, 11) is 0. The first kappa shape index (κ1) is 11.6. The number of hydrogen-bond acceptors (Lipinski definition) is 6. The second kappa shape index (κ2) is 4.67. The van der Waals surface area contributed by atoms with Gasteiger partial charge in [-0.2, -0.15) is 0 Å². The number of carbonyl (C=O) groups is 1. The first-order chi connectivity index (χ1) is 9.24. The maximum Gasteiger partial charge on any atom is 0.356 e. The summed E-state index contributed by atoms with van der Waals surface area (Å²) in [4.78, 5) is 15.0. The second-order valence-corrected chi connectivity index (χ2v) is 4.42. The standard InChI is InChI=1S/C10H13N7O2/c18-9(19)7-5-17-6(3-4-11-10(17)12-7)1-2-8-13-15-16-14-8/h5-6H,1-4H2,(H,11,12)(H,18,19)(H,13,14,15,16). The molecular formula is C10H13N7O2. The molecule has 0 aliphatic carbocycles. The predicted octanol–water partition coefficient (Wildman–Crippen LogP) is 0.0839. The van der Waals surface area contributed by atoms with Gasteiger partial charge in [-0.25, -0.2) is 14.9 Å². The minimum Gasteiger partial charge on any atom is -0.476 e. The van der Waals surface area contributed by atoms with E-state index >= 15 is 0 Å². The molecule has 0 amide bonds. The summed E-state index contributed by atoms with van der Waals surface area (Å²) in [6, 6.07) is 0.210. The number of aryl methyl sites for hydroxylation is 1. The third kappa shape index (κ3) is 2.26. The third-order valence-electron chi connectivity index (χ3n) is 3.21. The molecule has 0 saturated heterocycles. The van der Waals surface area contributed by atoms with Crippen LogP contribution in [0.15, 0.2) is 6.20 Å². The number of anilines is 1. The van der Waals surface area contributed by atoms with Gasteiger partial charge in [0.05, 0.1) is 0 Å². The van der Waals surface area contributed by atoms with Crippen molar-refractivity contribution in [2.24, 2.45) is 0 Å². The highest BCUT2D eigenvalue weighted by Crippen LogP contribution is 2.27. The molecule has 3 rings (SSSR count). The lowest BCUT2D eigenvalue weighted by molar-refractivity contribution is 0.0691. The molecule has 19 heavy (non-hydrogen) atoms. The smallest absolute Gasteiger partial charge is 0.356 e. The lowest BCUT2D eigenvalue weighted by Gasteiger charge is -2.25. The number of aromatic carboxylic acids is 1. The Bertz CT molecular complexity index is 577. The van der Waals surface area contributed by atoms with Crippen LogP contribution in [0.4, 0.5) is 5.95 Å². The van der Waals surface area contributed by atoms with E-state index in [4.69, 9.17) is 5.11 Å². The first-order valence-corrected chi connectivity index (χ1v) is 6.02. The van der Waals surface area contributed by atoms with Crippen LogP contribution >= 0.6 is 0 Å². The average Bonchev–Trinajstić information content (AvgIpc) is 3.05. The van der Waals surface area contributed by atoms with Gasteiger partial charge in [0.25, 0.3) is 0 Å². The normalized spacial score (nSPS) is 17.8. The molecule has 0 spiro atoms. The number of carboxylic acids is 1. The van der Waals surface area contributed by atoms with E-state index in [1.165, 1.54) is 0 Å². The van der Waals surface area contributed by atoms with Gasteiger partial charge in [-0.05, 0) is 23.3 Å². The van der Waals surface area contributed by atoms with Gasteiger partial charge in [0, 0.05) is 25.2 Å². The van der Waals surface area contributed by atoms with Crippen molar-refractivity contribution in [1.82, 2.24) is 30.2 Å². The molecular weight excluding hydrogens is 250 g/mol. The Hall–Kier alpha value is -2.45. The number of nitrogens with zero attached hydrogens (tertiary/aromatic N) is 5. The van der Waals surface area contributed by atoms with E-state index in [0.29, 0.717) is 5.95 Å². The molecule has 1 unspecified atom stereocenters. The number of imidazole rings is 1. The van der Waals surface area contributed by atoms with E-state index < -0.39 is 5.97 Å². The Morgan fingerprint density at radius 3 is 3.21 bits per heavy atom. The number of nitrogens with one attached hydrogen (secondary N) is 2. The molecule has 2 aromatic heterocycles. The van der Waals surface area contributed by atoms with Crippen LogP contribution in [0, 0.1) is 0 Å². The summed E-state index contributed by atoms with van der Waals surface area (Å²) in [5.74, 6) is 0.338. The quantitative estimate of drug-likeness (QED) is 0.714. The molecule has 1 atom stereocenters. The summed E-state index contributed by atoms with van der Waals surface area (Å²) < 4.78 is 1.89. The van der Waals surface area contributed by atoms with E-state index in [0.717, 1.165) is 31.6 Å². The lowest BCUT2D eigenvalue weighted by Crippen LogP contribution is -2.23. The maximum absolute atomic E-state index is 10.9. The first-order valence-electron chi connectivity index (χ1n) is 6.02. The molecule has 9 nitrogen and oxygen atoms in total. The van der Waals surface area contributed by atoms with Crippen LogP contribution in [0.2, 0.25) is 0 Å². The van der Waals surface area contributed by atoms with Crippen LogP contribution < -0.4 is 5.32 Å². The second-order valence-electron chi connectivity index (χ2n) is 4.42. The minimum absolute atomic E-state index is 0.0655. The number of hydrogen-bond donors (Lipinski definition) is 3. The monoisotopic (exact) mass is 263 g/mol. The van der Waals surface area contributed by atoms with Crippen molar-refractivity contribution in [3.63, 3.8) is 0 Å². The highest BCUT2D eigenvalue weighted by atomic mass is 16.4. The van der Waals surface area contributed by atoms with Gasteiger partial charge in [0.2, 0.25) is 5.95 Å². The molecule has 1 aliphatic rings. The van der Waals surface area contributed by atoms with Gasteiger partial charge in [-0.1, -0.05) is 0 Å². The molecule has 1 aliphatic heterocycles. The van der Waals surface area contributed by atoms with Gasteiger partial charge in [-0.15, -0.1) is 5.10 Å².